The zero-order chi connectivity index (χ0) is 39.3. The summed E-state index contributed by atoms with van der Waals surface area (Å²) in [5, 5.41) is 0.933. The largest absolute Gasteiger partial charge is 0.494 e. The molecular formula is C40H37Cl2F2N5O5. The molecule has 14 heteroatoms. The monoisotopic (exact) mass is 775 g/mol. The van der Waals surface area contributed by atoms with Gasteiger partial charge in [0.1, 0.15) is 5.70 Å². The van der Waals surface area contributed by atoms with Gasteiger partial charge in [0.2, 0.25) is 11.8 Å². The van der Waals surface area contributed by atoms with Crippen molar-refractivity contribution in [3.63, 3.8) is 0 Å². The first-order valence-corrected chi connectivity index (χ1v) is 17.1. The molecule has 2 aliphatic rings. The maximum Gasteiger partial charge on any atom is 0.242 e. The fraction of sp³-hybridized carbons (Fsp3) is 0.225. The number of rotatable bonds is 6. The molecule has 6 rings (SSSR count). The Morgan fingerprint density at radius 1 is 0.667 bits per heavy atom. The predicted octanol–water partition coefficient (Wildman–Crippen LogP) is 8.78. The van der Waals surface area contributed by atoms with Crippen LogP contribution in [0.4, 0.5) is 20.2 Å². The molecule has 2 aliphatic heterocycles. The second-order valence-electron chi connectivity index (χ2n) is 12.0. The van der Waals surface area contributed by atoms with Gasteiger partial charge in [-0.15, -0.1) is 0 Å². The van der Waals surface area contributed by atoms with Crippen molar-refractivity contribution in [2.24, 2.45) is 20.0 Å². The normalized spacial score (nSPS) is 15.6. The Kier molecular flexibility index (Phi) is 12.5. The van der Waals surface area contributed by atoms with Crippen LogP contribution in [-0.2, 0) is 14.3 Å². The summed E-state index contributed by atoms with van der Waals surface area (Å²) in [6.07, 6.45) is 0. The molecule has 0 aliphatic carbocycles. The number of allylic oxidation sites excluding steroid dienone is 1. The Hall–Kier alpha value is -5.59. The second kappa shape index (κ2) is 17.0. The van der Waals surface area contributed by atoms with Crippen LogP contribution in [0.2, 0.25) is 10.0 Å². The van der Waals surface area contributed by atoms with Crippen molar-refractivity contribution < 1.29 is 32.5 Å². The highest BCUT2D eigenvalue weighted by molar-refractivity contribution is 6.37. The summed E-state index contributed by atoms with van der Waals surface area (Å²) in [4.78, 5) is 32.4. The van der Waals surface area contributed by atoms with E-state index in [-0.39, 0.29) is 23.2 Å². The molecule has 0 saturated heterocycles. The van der Waals surface area contributed by atoms with Gasteiger partial charge in [0, 0.05) is 64.2 Å². The van der Waals surface area contributed by atoms with Crippen molar-refractivity contribution >= 4 is 63.6 Å². The van der Waals surface area contributed by atoms with Crippen LogP contribution in [0.5, 0.6) is 11.5 Å². The van der Waals surface area contributed by atoms with Crippen molar-refractivity contribution in [2.45, 2.75) is 19.9 Å². The third-order valence-corrected chi connectivity index (χ3v) is 9.14. The molecule has 0 spiro atoms. The minimum Gasteiger partial charge on any atom is -0.494 e. The van der Waals surface area contributed by atoms with E-state index in [1.807, 2.05) is 44.1 Å². The fourth-order valence-electron chi connectivity index (χ4n) is 5.52. The molecule has 4 aromatic carbocycles. The first-order valence-electron chi connectivity index (χ1n) is 16.4. The molecular weight excluding hydrogens is 739 g/mol. The third-order valence-electron chi connectivity index (χ3n) is 8.48. The Morgan fingerprint density at radius 2 is 1.17 bits per heavy atom. The van der Waals surface area contributed by atoms with E-state index < -0.39 is 17.7 Å². The molecule has 4 aromatic rings. The van der Waals surface area contributed by atoms with Crippen LogP contribution in [0, 0.1) is 11.6 Å². The van der Waals surface area contributed by atoms with Gasteiger partial charge in [-0.05, 0) is 38.1 Å². The minimum absolute atomic E-state index is 0.0303. The van der Waals surface area contributed by atoms with E-state index in [1.165, 1.54) is 59.6 Å². The van der Waals surface area contributed by atoms with Crippen LogP contribution < -0.4 is 9.47 Å². The van der Waals surface area contributed by atoms with Crippen molar-refractivity contribution in [3.8, 4) is 11.5 Å². The summed E-state index contributed by atoms with van der Waals surface area (Å²) in [7, 11) is 9.52. The number of nitrogens with zero attached hydrogens (tertiary/aromatic N) is 5. The summed E-state index contributed by atoms with van der Waals surface area (Å²) in [6, 6.07) is 19.0. The SMILES string of the molecule is COC1=Nc2cc(OC)c(F)cc2C(c2ccccc2Cl)=N/C1=C(\C)N(C)C.COC1=Nc2cc(OC)c(F)cc2C(c2ccccc2Cl)=NC1C(C)=O. The smallest absolute Gasteiger partial charge is 0.242 e. The van der Waals surface area contributed by atoms with Crippen LogP contribution in [-0.4, -0.2) is 82.5 Å². The number of fused-ring (bicyclic) bond motifs is 2. The summed E-state index contributed by atoms with van der Waals surface area (Å²) in [5.41, 5.74) is 5.25. The Labute approximate surface area is 322 Å². The summed E-state index contributed by atoms with van der Waals surface area (Å²) < 4.78 is 49.9. The molecule has 54 heavy (non-hydrogen) atoms. The van der Waals surface area contributed by atoms with Gasteiger partial charge < -0.3 is 23.8 Å². The number of methoxy groups -OCH3 is 4. The molecule has 1 atom stereocenters. The number of hydrogen-bond acceptors (Lipinski definition) is 10. The predicted molar refractivity (Wildman–Crippen MR) is 209 cm³/mol. The molecule has 0 aromatic heterocycles. The van der Waals surface area contributed by atoms with Gasteiger partial charge in [-0.25, -0.2) is 23.8 Å². The molecule has 0 amide bonds. The maximum atomic E-state index is 14.6. The first-order chi connectivity index (χ1) is 25.8. The molecule has 0 bridgehead atoms. The van der Waals surface area contributed by atoms with E-state index in [1.54, 1.807) is 30.3 Å². The maximum absolute atomic E-state index is 14.6. The van der Waals surface area contributed by atoms with Gasteiger partial charge >= 0.3 is 0 Å². The number of hydrogen-bond donors (Lipinski definition) is 0. The van der Waals surface area contributed by atoms with Gasteiger partial charge in [-0.1, -0.05) is 59.6 Å². The van der Waals surface area contributed by atoms with Crippen LogP contribution in [0.3, 0.4) is 0 Å². The third kappa shape index (κ3) is 8.14. The zero-order valence-electron chi connectivity index (χ0n) is 30.8. The number of carbonyl (C=O) groups is 1. The van der Waals surface area contributed by atoms with Gasteiger partial charge in [0.15, 0.2) is 35.0 Å². The Bertz CT molecular complexity index is 2270. The van der Waals surface area contributed by atoms with Crippen molar-refractivity contribution in [1.82, 2.24) is 4.90 Å². The summed E-state index contributed by atoms with van der Waals surface area (Å²) in [6.45, 7) is 3.30. The van der Waals surface area contributed by atoms with E-state index in [9.17, 15) is 13.6 Å². The molecule has 0 radical (unpaired) electrons. The molecule has 0 fully saturated rings. The Morgan fingerprint density at radius 3 is 1.63 bits per heavy atom. The molecule has 0 saturated carbocycles. The molecule has 0 N–H and O–H groups in total. The molecule has 280 valence electrons. The van der Waals surface area contributed by atoms with Crippen LogP contribution in [0.15, 0.2) is 104 Å². The number of benzene rings is 4. The van der Waals surface area contributed by atoms with Crippen LogP contribution in [0.1, 0.15) is 36.1 Å². The first kappa shape index (κ1) is 39.6. The highest BCUT2D eigenvalue weighted by Gasteiger charge is 2.30. The van der Waals surface area contributed by atoms with E-state index in [4.69, 9.17) is 47.1 Å². The van der Waals surface area contributed by atoms with E-state index in [2.05, 4.69) is 15.0 Å². The highest BCUT2D eigenvalue weighted by atomic mass is 35.5. The lowest BCUT2D eigenvalue weighted by Crippen LogP contribution is -2.28. The lowest BCUT2D eigenvalue weighted by atomic mass is 10.00. The number of carbonyl (C=O) groups excluding carboxylic acids is 1. The number of Topliss-reactive ketones (excluding diaryl/α,β-unsaturated/α-hetero) is 1. The van der Waals surface area contributed by atoms with E-state index in [0.29, 0.717) is 66.7 Å². The number of halogens is 4. The minimum atomic E-state index is -0.951. The molecule has 1 unspecified atom stereocenters. The average Bonchev–Trinajstić information content (AvgIpc) is 3.42. The van der Waals surface area contributed by atoms with Gasteiger partial charge in [0.05, 0.1) is 51.2 Å². The molecule has 2 heterocycles. The van der Waals surface area contributed by atoms with E-state index in [0.717, 1.165) is 5.70 Å². The zero-order valence-corrected chi connectivity index (χ0v) is 32.3. The van der Waals surface area contributed by atoms with Crippen molar-refractivity contribution in [1.29, 1.82) is 0 Å². The lowest BCUT2D eigenvalue weighted by Gasteiger charge is -2.17. The quantitative estimate of drug-likeness (QED) is 0.194. The molecule has 10 nitrogen and oxygen atoms in total. The summed E-state index contributed by atoms with van der Waals surface area (Å²) >= 11 is 12.8. The van der Waals surface area contributed by atoms with Crippen molar-refractivity contribution in [3.05, 3.63) is 128 Å². The number of ketones is 1. The van der Waals surface area contributed by atoms with Gasteiger partial charge in [0.25, 0.3) is 0 Å². The van der Waals surface area contributed by atoms with Gasteiger partial charge in [-0.2, -0.15) is 0 Å². The van der Waals surface area contributed by atoms with Crippen LogP contribution in [0.25, 0.3) is 0 Å². The fourth-order valence-corrected chi connectivity index (χ4v) is 5.97. The number of ether oxygens (including phenoxy) is 4. The lowest BCUT2D eigenvalue weighted by molar-refractivity contribution is -0.117. The second-order valence-corrected chi connectivity index (χ2v) is 12.8. The topological polar surface area (TPSA) is 107 Å². The highest BCUT2D eigenvalue weighted by Crippen LogP contribution is 2.37. The average molecular weight is 777 g/mol. The van der Waals surface area contributed by atoms with Crippen molar-refractivity contribution in [2.75, 3.05) is 42.5 Å². The summed E-state index contributed by atoms with van der Waals surface area (Å²) in [5.74, 6) is -0.766. The standard InChI is InChI=1S/C21H21ClFN3O2.C19H16ClFN2O3/c1-12(26(2)3)19-21(28-5)24-17-11-18(27-4)16(23)10-14(17)20(25-19)13-8-6-7-9-15(13)22;1-10(24)17-19(26-3)22-15-9-16(25-2)14(21)8-12(15)18(23-17)11-6-4-5-7-13(11)20/h6-11H,1-5H3;4-9,17H,1-3H3/b19-12+;. The Balaban J connectivity index is 0.000000208. The van der Waals surface area contributed by atoms with Crippen LogP contribution >= 0.6 is 23.2 Å². The number of aliphatic imine (C=N–C) groups is 4. The van der Waals surface area contributed by atoms with Gasteiger partial charge in [-0.3, -0.25) is 9.79 Å². The van der Waals surface area contributed by atoms with E-state index >= 15 is 0 Å².